The van der Waals surface area contributed by atoms with Crippen LogP contribution in [-0.2, 0) is 24.4 Å². The third-order valence-electron chi connectivity index (χ3n) is 7.22. The number of rotatable bonds is 7. The van der Waals surface area contributed by atoms with E-state index in [1.165, 1.54) is 9.36 Å². The van der Waals surface area contributed by atoms with Crippen molar-refractivity contribution in [2.75, 3.05) is 18.0 Å². The largest absolute Gasteiger partial charge is 0.444 e. The van der Waals surface area contributed by atoms with E-state index in [2.05, 4.69) is 23.7 Å². The first-order valence-electron chi connectivity index (χ1n) is 14.4. The number of pyridine rings is 1. The van der Waals surface area contributed by atoms with Gasteiger partial charge in [-0.15, -0.1) is 12.5 Å². The van der Waals surface area contributed by atoms with Gasteiger partial charge in [0, 0.05) is 24.5 Å². The summed E-state index contributed by atoms with van der Waals surface area (Å²) in [5, 5.41) is 3.94. The Balaban J connectivity index is 1.59. The van der Waals surface area contributed by atoms with Gasteiger partial charge in [0.1, 0.15) is 11.1 Å². The molecule has 1 aliphatic rings. The van der Waals surface area contributed by atoms with Crippen molar-refractivity contribution in [3.8, 4) is 11.8 Å². The molecule has 0 aliphatic carbocycles. The number of piperidine rings is 1. The zero-order chi connectivity index (χ0) is 30.7. The summed E-state index contributed by atoms with van der Waals surface area (Å²) in [7, 11) is 0. The van der Waals surface area contributed by atoms with Gasteiger partial charge in [0.25, 0.3) is 11.1 Å². The fourth-order valence-electron chi connectivity index (χ4n) is 5.38. The first kappa shape index (κ1) is 29.6. The molecule has 1 aromatic carbocycles. The molecule has 0 saturated carbocycles. The Morgan fingerprint density at radius 2 is 1.93 bits per heavy atom. The second kappa shape index (κ2) is 12.2. The Morgan fingerprint density at radius 3 is 2.67 bits per heavy atom. The van der Waals surface area contributed by atoms with Crippen molar-refractivity contribution in [1.82, 2.24) is 29.2 Å². The number of hydrogen-bond acceptors (Lipinski definition) is 7. The van der Waals surface area contributed by atoms with Crippen molar-refractivity contribution in [2.45, 2.75) is 71.8 Å². The number of nitrogens with zero attached hydrogens (tertiary/aromatic N) is 6. The Hall–Kier alpha value is -4.85. The van der Waals surface area contributed by atoms with Crippen LogP contribution in [0.5, 0.6) is 0 Å². The molecule has 1 fully saturated rings. The molecule has 1 saturated heterocycles. The van der Waals surface area contributed by atoms with Crippen LogP contribution in [0.2, 0.25) is 0 Å². The van der Waals surface area contributed by atoms with Crippen molar-refractivity contribution in [3.63, 3.8) is 0 Å². The van der Waals surface area contributed by atoms with E-state index in [0.717, 1.165) is 23.7 Å². The number of ether oxygens (including phenoxy) is 1. The number of alkyl carbamates (subject to hydrolysis) is 1. The van der Waals surface area contributed by atoms with Gasteiger partial charge in [0.05, 0.1) is 30.8 Å². The first-order valence-corrected chi connectivity index (χ1v) is 14.4. The number of aromatic nitrogens is 5. The highest BCUT2D eigenvalue weighted by atomic mass is 16.6. The standard InChI is InChI=1S/C32H37N7O4/c1-6-8-19-37-27-26(35-30(37)36-18-11-13-23(20-36)34-31(42)43-32(3,4)5)28(40)38(17-7-2)39(29(27)41)21-24-16-15-22-12-9-10-14-25(22)33-24/h7,9-10,12,14-16,23H,2,11,13,17-21H2,1,3-5H3,(H,34,42). The number of anilines is 1. The van der Waals surface area contributed by atoms with Crippen molar-refractivity contribution >= 4 is 34.0 Å². The third kappa shape index (κ3) is 6.33. The fourth-order valence-corrected chi connectivity index (χ4v) is 5.38. The molecule has 4 heterocycles. The second-order valence-corrected chi connectivity index (χ2v) is 11.6. The summed E-state index contributed by atoms with van der Waals surface area (Å²) < 4.78 is 9.94. The number of imidazole rings is 1. The van der Waals surface area contributed by atoms with E-state index in [-0.39, 0.29) is 42.3 Å². The monoisotopic (exact) mass is 583 g/mol. The van der Waals surface area contributed by atoms with Crippen LogP contribution in [0.15, 0.2) is 58.6 Å². The van der Waals surface area contributed by atoms with Crippen LogP contribution < -0.4 is 21.3 Å². The molecule has 1 N–H and O–H groups in total. The van der Waals surface area contributed by atoms with Gasteiger partial charge in [0.15, 0.2) is 5.52 Å². The van der Waals surface area contributed by atoms with Crippen molar-refractivity contribution in [2.24, 2.45) is 0 Å². The lowest BCUT2D eigenvalue weighted by atomic mass is 10.1. The molecule has 11 heteroatoms. The Labute approximate surface area is 249 Å². The number of carbonyl (C=O) groups excluding carboxylic acids is 1. The SMILES string of the molecule is C=CCn1c(=O)c2nc(N3CCCC(NC(=O)OC(C)(C)C)C3)n(CC#CC)c2c(=O)n1Cc1ccc2ccccc2n1. The van der Waals surface area contributed by atoms with Gasteiger partial charge in [0.2, 0.25) is 5.95 Å². The summed E-state index contributed by atoms with van der Waals surface area (Å²) in [6, 6.07) is 11.4. The summed E-state index contributed by atoms with van der Waals surface area (Å²) in [4.78, 5) is 52.0. The van der Waals surface area contributed by atoms with Crippen LogP contribution >= 0.6 is 0 Å². The van der Waals surface area contributed by atoms with E-state index in [4.69, 9.17) is 14.7 Å². The van der Waals surface area contributed by atoms with E-state index in [0.29, 0.717) is 24.7 Å². The van der Waals surface area contributed by atoms with E-state index in [1.807, 2.05) is 62.1 Å². The summed E-state index contributed by atoms with van der Waals surface area (Å²) in [6.07, 6.45) is 2.64. The van der Waals surface area contributed by atoms with Crippen LogP contribution in [0.25, 0.3) is 21.9 Å². The van der Waals surface area contributed by atoms with E-state index >= 15 is 0 Å². The number of amides is 1. The maximum Gasteiger partial charge on any atom is 0.407 e. The van der Waals surface area contributed by atoms with Crippen molar-refractivity contribution < 1.29 is 9.53 Å². The highest BCUT2D eigenvalue weighted by Crippen LogP contribution is 2.23. The van der Waals surface area contributed by atoms with Crippen LogP contribution in [0.1, 0.15) is 46.2 Å². The molecule has 3 aromatic heterocycles. The molecule has 4 aromatic rings. The minimum atomic E-state index is -0.612. The molecule has 0 radical (unpaired) electrons. The van der Waals surface area contributed by atoms with Gasteiger partial charge in [-0.05, 0) is 52.7 Å². The molecular weight excluding hydrogens is 546 g/mol. The quantitative estimate of drug-likeness (QED) is 0.261. The fraction of sp³-hybridized carbons (Fsp3) is 0.406. The van der Waals surface area contributed by atoms with Crippen LogP contribution in [-0.4, -0.2) is 54.7 Å². The predicted octanol–water partition coefficient (Wildman–Crippen LogP) is 3.66. The highest BCUT2D eigenvalue weighted by molar-refractivity contribution is 5.79. The summed E-state index contributed by atoms with van der Waals surface area (Å²) in [5.74, 6) is 6.39. The van der Waals surface area contributed by atoms with Gasteiger partial charge >= 0.3 is 6.09 Å². The molecule has 5 rings (SSSR count). The molecule has 0 spiro atoms. The highest BCUT2D eigenvalue weighted by Gasteiger charge is 2.29. The topological polar surface area (TPSA) is 116 Å². The average Bonchev–Trinajstić information content (AvgIpc) is 3.35. The number of nitrogens with one attached hydrogen (secondary N) is 1. The summed E-state index contributed by atoms with van der Waals surface area (Å²) >= 11 is 0. The maximum absolute atomic E-state index is 14.2. The lowest BCUT2D eigenvalue weighted by molar-refractivity contribution is 0.0499. The molecule has 1 atom stereocenters. The predicted molar refractivity (Wildman–Crippen MR) is 167 cm³/mol. The normalized spacial score (nSPS) is 15.3. The molecule has 11 nitrogen and oxygen atoms in total. The van der Waals surface area contributed by atoms with Crippen LogP contribution in [0.4, 0.5) is 10.7 Å². The van der Waals surface area contributed by atoms with E-state index in [1.54, 1.807) is 17.6 Å². The number of carbonyl (C=O) groups is 1. The smallest absolute Gasteiger partial charge is 0.407 e. The van der Waals surface area contributed by atoms with Gasteiger partial charge in [-0.1, -0.05) is 36.3 Å². The lowest BCUT2D eigenvalue weighted by Crippen LogP contribution is -2.49. The number of para-hydroxylation sites is 1. The first-order chi connectivity index (χ1) is 20.6. The third-order valence-corrected chi connectivity index (χ3v) is 7.22. The minimum Gasteiger partial charge on any atom is -0.444 e. The van der Waals surface area contributed by atoms with E-state index < -0.39 is 17.3 Å². The molecule has 1 aliphatic heterocycles. The maximum atomic E-state index is 14.2. The van der Waals surface area contributed by atoms with Crippen molar-refractivity contribution in [3.05, 3.63) is 75.5 Å². The zero-order valence-corrected chi connectivity index (χ0v) is 25.1. The number of fused-ring (bicyclic) bond motifs is 2. The van der Waals surface area contributed by atoms with Crippen LogP contribution in [0, 0.1) is 11.8 Å². The van der Waals surface area contributed by atoms with E-state index in [9.17, 15) is 14.4 Å². The molecule has 224 valence electrons. The van der Waals surface area contributed by atoms with Gasteiger partial charge < -0.3 is 15.0 Å². The molecule has 1 unspecified atom stereocenters. The number of hydrogen-bond donors (Lipinski definition) is 1. The summed E-state index contributed by atoms with van der Waals surface area (Å²) in [5.41, 5.74) is 0.319. The molecule has 1 amide bonds. The number of benzene rings is 1. The zero-order valence-electron chi connectivity index (χ0n) is 25.1. The lowest BCUT2D eigenvalue weighted by Gasteiger charge is -2.34. The molecule has 43 heavy (non-hydrogen) atoms. The molecule has 0 bridgehead atoms. The van der Waals surface area contributed by atoms with Gasteiger partial charge in [-0.3, -0.25) is 19.1 Å². The van der Waals surface area contributed by atoms with Crippen molar-refractivity contribution in [1.29, 1.82) is 0 Å². The number of allylic oxidation sites excluding steroid dienone is 1. The van der Waals surface area contributed by atoms with Gasteiger partial charge in [-0.2, -0.15) is 0 Å². The Morgan fingerprint density at radius 1 is 1.14 bits per heavy atom. The Kier molecular flexibility index (Phi) is 8.39. The second-order valence-electron chi connectivity index (χ2n) is 11.6. The summed E-state index contributed by atoms with van der Waals surface area (Å²) in [6.45, 7) is 12.5. The van der Waals surface area contributed by atoms with Gasteiger partial charge in [-0.25, -0.2) is 19.1 Å². The average molecular weight is 584 g/mol. The minimum absolute atomic E-state index is 0.0738. The molecular formula is C32H37N7O4. The Bertz CT molecular complexity index is 1870. The van der Waals surface area contributed by atoms with Crippen LogP contribution in [0.3, 0.4) is 0 Å².